The van der Waals surface area contributed by atoms with Gasteiger partial charge >= 0.3 is 5.97 Å². The van der Waals surface area contributed by atoms with E-state index in [1.54, 1.807) is 14.2 Å². The summed E-state index contributed by atoms with van der Waals surface area (Å²) in [6.07, 6.45) is 3.42. The maximum atomic E-state index is 11.5. The smallest absolute Gasteiger partial charge is 0.308 e. The Kier molecular flexibility index (Phi) is 8.55. The lowest BCUT2D eigenvalue weighted by Gasteiger charge is -2.41. The third-order valence-corrected chi connectivity index (χ3v) is 6.98. The van der Waals surface area contributed by atoms with Crippen LogP contribution in [0.4, 0.5) is 0 Å². The Morgan fingerprint density at radius 3 is 2.43 bits per heavy atom. The molecule has 0 unspecified atom stereocenters. The Labute approximate surface area is 173 Å². The second-order valence-corrected chi connectivity index (χ2v) is 8.52. The van der Waals surface area contributed by atoms with Crippen LogP contribution in [0.1, 0.15) is 59.3 Å². The van der Waals surface area contributed by atoms with Crippen LogP contribution in [0.2, 0.25) is 0 Å². The molecule has 2 fully saturated rings. The number of hydrogen-bond donors (Lipinski definition) is 0. The third kappa shape index (κ3) is 4.99. The van der Waals surface area contributed by atoms with E-state index < -0.39 is 11.4 Å². The van der Waals surface area contributed by atoms with Crippen LogP contribution in [-0.2, 0) is 33.5 Å². The Hall–Kier alpha value is -0.440. The molecule has 0 aromatic heterocycles. The molecule has 0 aromatic carbocycles. The summed E-state index contributed by atoms with van der Waals surface area (Å²) in [4.78, 5) is 22.6. The highest BCUT2D eigenvalue weighted by molar-refractivity contribution is 6.22. The van der Waals surface area contributed by atoms with Gasteiger partial charge in [0.15, 0.2) is 0 Å². The molecule has 2 heterocycles. The molecule has 0 bridgehead atoms. The molecule has 0 saturated carbocycles. The zero-order valence-corrected chi connectivity index (χ0v) is 18.6. The van der Waals surface area contributed by atoms with E-state index in [-0.39, 0.29) is 42.0 Å². The van der Waals surface area contributed by atoms with Crippen LogP contribution in [0.15, 0.2) is 0 Å². The fraction of sp³-hybridized carbons (Fsp3) is 0.950. The molecule has 7 atom stereocenters. The first-order valence-electron chi connectivity index (χ1n) is 10.1. The summed E-state index contributed by atoms with van der Waals surface area (Å²) in [7, 11) is 4.66. The van der Waals surface area contributed by atoms with E-state index in [1.807, 2.05) is 13.8 Å². The van der Waals surface area contributed by atoms with E-state index >= 15 is 0 Å². The number of carbonyl (C=O) groups is 1. The quantitative estimate of drug-likeness (QED) is 0.319. The van der Waals surface area contributed by atoms with Crippen molar-refractivity contribution in [2.45, 2.75) is 94.4 Å². The summed E-state index contributed by atoms with van der Waals surface area (Å²) in [6.45, 7) is 6.11. The molecule has 0 amide bonds. The normalized spacial score (nSPS) is 41.2. The van der Waals surface area contributed by atoms with Crippen LogP contribution in [0.3, 0.4) is 0 Å². The zero-order valence-electron chi connectivity index (χ0n) is 17.9. The topological polar surface area (TPSA) is 72.5 Å². The number of halogens is 1. The second kappa shape index (κ2) is 10.0. The summed E-state index contributed by atoms with van der Waals surface area (Å²) in [5.41, 5.74) is -0.486. The number of esters is 1. The molecule has 0 spiro atoms. The van der Waals surface area contributed by atoms with Gasteiger partial charge < -0.3 is 18.9 Å². The van der Waals surface area contributed by atoms with Gasteiger partial charge in [0.25, 0.3) is 0 Å². The van der Waals surface area contributed by atoms with Crippen molar-refractivity contribution in [3.63, 3.8) is 0 Å². The van der Waals surface area contributed by atoms with Gasteiger partial charge in [0.1, 0.15) is 11.7 Å². The highest BCUT2D eigenvalue weighted by Crippen LogP contribution is 2.42. The zero-order chi connectivity index (χ0) is 20.9. The number of rotatable bonds is 9. The first-order valence-corrected chi connectivity index (χ1v) is 10.5. The number of carbonyl (C=O) groups excluding carboxylic acids is 1. The van der Waals surface area contributed by atoms with Crippen LogP contribution in [0.5, 0.6) is 0 Å². The van der Waals surface area contributed by atoms with Crippen LogP contribution < -0.4 is 0 Å². The minimum absolute atomic E-state index is 0.0187. The molecule has 2 rings (SSSR count). The Balaban J connectivity index is 1.88. The van der Waals surface area contributed by atoms with E-state index in [4.69, 9.17) is 40.3 Å². The maximum Gasteiger partial charge on any atom is 0.308 e. The summed E-state index contributed by atoms with van der Waals surface area (Å²) in [5.74, 6) is -1.05. The summed E-state index contributed by atoms with van der Waals surface area (Å²) >= 11 is 6.67. The van der Waals surface area contributed by atoms with E-state index in [0.717, 1.165) is 19.3 Å². The average molecular weight is 423 g/mol. The molecule has 7 nitrogen and oxygen atoms in total. The third-order valence-electron chi connectivity index (χ3n) is 6.27. The van der Waals surface area contributed by atoms with Crippen molar-refractivity contribution in [3.8, 4) is 0 Å². The molecular formula is C20H35ClO7. The van der Waals surface area contributed by atoms with Gasteiger partial charge in [-0.3, -0.25) is 4.79 Å². The second-order valence-electron chi connectivity index (χ2n) is 8.05. The van der Waals surface area contributed by atoms with Crippen LogP contribution in [0.25, 0.3) is 0 Å². The van der Waals surface area contributed by atoms with Crippen molar-refractivity contribution in [2.75, 3.05) is 21.3 Å². The monoisotopic (exact) mass is 422 g/mol. The molecule has 164 valence electrons. The van der Waals surface area contributed by atoms with Gasteiger partial charge in [-0.1, -0.05) is 13.8 Å². The molecule has 28 heavy (non-hydrogen) atoms. The fourth-order valence-corrected chi connectivity index (χ4v) is 4.66. The van der Waals surface area contributed by atoms with Crippen LogP contribution >= 0.6 is 11.6 Å². The van der Waals surface area contributed by atoms with Crippen molar-refractivity contribution in [3.05, 3.63) is 0 Å². The lowest BCUT2D eigenvalue weighted by atomic mass is 9.88. The average Bonchev–Trinajstić information content (AvgIpc) is 2.94. The molecule has 2 aliphatic heterocycles. The fourth-order valence-electron chi connectivity index (χ4n) is 4.24. The molecule has 8 heteroatoms. The van der Waals surface area contributed by atoms with Crippen LogP contribution in [0, 0.1) is 5.92 Å². The van der Waals surface area contributed by atoms with E-state index in [9.17, 15) is 4.79 Å². The summed E-state index contributed by atoms with van der Waals surface area (Å²) in [6, 6.07) is 0. The number of ether oxygens (including phenoxy) is 4. The molecule has 0 N–H and O–H groups in total. The number of alkyl halides is 1. The molecule has 0 aliphatic carbocycles. The maximum absolute atomic E-state index is 11.5. The highest BCUT2D eigenvalue weighted by atomic mass is 35.5. The minimum atomic E-state index is -0.832. The van der Waals surface area contributed by atoms with Gasteiger partial charge in [0.05, 0.1) is 31.1 Å². The Morgan fingerprint density at radius 1 is 1.21 bits per heavy atom. The Morgan fingerprint density at radius 2 is 1.93 bits per heavy atom. The molecule has 0 radical (unpaired) electrons. The van der Waals surface area contributed by atoms with Gasteiger partial charge in [-0.15, -0.1) is 11.6 Å². The predicted molar refractivity (Wildman–Crippen MR) is 104 cm³/mol. The van der Waals surface area contributed by atoms with Crippen molar-refractivity contribution >= 4 is 17.6 Å². The minimum Gasteiger partial charge on any atom is -0.469 e. The van der Waals surface area contributed by atoms with Gasteiger partial charge in [0, 0.05) is 27.1 Å². The first-order chi connectivity index (χ1) is 13.2. The van der Waals surface area contributed by atoms with Gasteiger partial charge in [-0.25, -0.2) is 9.78 Å². The summed E-state index contributed by atoms with van der Waals surface area (Å²) in [5, 5.41) is -0.215. The molecule has 2 aliphatic rings. The van der Waals surface area contributed by atoms with Crippen molar-refractivity contribution in [2.24, 2.45) is 5.92 Å². The van der Waals surface area contributed by atoms with E-state index in [2.05, 4.69) is 6.92 Å². The van der Waals surface area contributed by atoms with Crippen molar-refractivity contribution in [1.29, 1.82) is 0 Å². The van der Waals surface area contributed by atoms with Gasteiger partial charge in [-0.05, 0) is 32.1 Å². The summed E-state index contributed by atoms with van der Waals surface area (Å²) < 4.78 is 22.2. The van der Waals surface area contributed by atoms with Crippen molar-refractivity contribution < 1.29 is 33.5 Å². The number of methoxy groups -OCH3 is 3. The lowest BCUT2D eigenvalue weighted by Crippen LogP contribution is -2.46. The van der Waals surface area contributed by atoms with E-state index in [0.29, 0.717) is 12.8 Å². The Bertz CT molecular complexity index is 519. The molecule has 2 saturated heterocycles. The predicted octanol–water partition coefficient (Wildman–Crippen LogP) is 3.61. The van der Waals surface area contributed by atoms with Gasteiger partial charge in [0.2, 0.25) is 5.79 Å². The number of hydrogen-bond acceptors (Lipinski definition) is 7. The SMILES string of the molecule is CC[C@H]1O[C@@H](CCC[C@]2(OC)C[C@H](C)[C@H](CC(=O)OC)OO2)[C@@H](Cl)[C@@]1(C)OC. The highest BCUT2D eigenvalue weighted by Gasteiger charge is 2.52. The van der Waals surface area contributed by atoms with E-state index in [1.165, 1.54) is 7.11 Å². The molecular weight excluding hydrogens is 388 g/mol. The van der Waals surface area contributed by atoms with Crippen molar-refractivity contribution in [1.82, 2.24) is 0 Å². The molecule has 0 aromatic rings. The lowest BCUT2D eigenvalue weighted by molar-refractivity contribution is -0.475. The van der Waals surface area contributed by atoms with Gasteiger partial charge in [-0.2, -0.15) is 0 Å². The largest absolute Gasteiger partial charge is 0.469 e. The van der Waals surface area contributed by atoms with Crippen LogP contribution in [-0.4, -0.2) is 62.4 Å². The first kappa shape index (κ1) is 23.8. The standard InChI is InChI=1S/C20H35ClO7/c1-7-16-19(3,24-5)18(21)14(26-16)9-8-10-20(25-6)12-13(2)15(27-28-20)11-17(22)23-4/h13-16,18H,7-12H2,1-6H3/t13-,14-,15-,16+,18+,19-,20+/m0/s1.